The lowest BCUT2D eigenvalue weighted by Crippen LogP contribution is -2.46. The topological polar surface area (TPSA) is 98.7 Å². The molecule has 1 rings (SSSR count). The van der Waals surface area contributed by atoms with Gasteiger partial charge in [-0.15, -0.1) is 0 Å². The zero-order valence-electron chi connectivity index (χ0n) is 11.9. The zero-order valence-corrected chi connectivity index (χ0v) is 11.9. The van der Waals surface area contributed by atoms with Crippen molar-refractivity contribution >= 4 is 17.7 Å². The molecular formula is C13H23N3O4. The second-order valence-electron chi connectivity index (χ2n) is 4.86. The van der Waals surface area contributed by atoms with Crippen molar-refractivity contribution in [2.45, 2.75) is 38.6 Å². The number of carbonyl (C=O) groups is 3. The van der Waals surface area contributed by atoms with Crippen molar-refractivity contribution in [3.63, 3.8) is 0 Å². The first-order chi connectivity index (χ1) is 9.58. The molecule has 1 fully saturated rings. The molecular weight excluding hydrogens is 262 g/mol. The van der Waals surface area contributed by atoms with E-state index in [9.17, 15) is 14.4 Å². The molecule has 0 radical (unpaired) electrons. The fourth-order valence-electron chi connectivity index (χ4n) is 2.02. The fraction of sp³-hybridized carbons (Fsp3) is 0.769. The number of rotatable bonds is 7. The van der Waals surface area contributed by atoms with E-state index >= 15 is 0 Å². The molecule has 114 valence electrons. The Morgan fingerprint density at radius 1 is 1.40 bits per heavy atom. The minimum absolute atomic E-state index is 0.155. The number of nitrogens with one attached hydrogen (secondary N) is 2. The Labute approximate surface area is 118 Å². The lowest BCUT2D eigenvalue weighted by atomic mass is 10.2. The molecule has 0 saturated carbocycles. The van der Waals surface area contributed by atoms with Gasteiger partial charge in [0.05, 0.1) is 12.6 Å². The number of amides is 3. The number of nitrogens with zero attached hydrogens (tertiary/aromatic N) is 1. The van der Waals surface area contributed by atoms with Crippen LogP contribution in [0.4, 0.5) is 0 Å². The van der Waals surface area contributed by atoms with E-state index in [0.717, 1.165) is 13.0 Å². The van der Waals surface area contributed by atoms with Crippen molar-refractivity contribution in [3.8, 4) is 0 Å². The van der Waals surface area contributed by atoms with Gasteiger partial charge in [-0.05, 0) is 19.3 Å². The third-order valence-corrected chi connectivity index (χ3v) is 3.32. The Balaban J connectivity index is 2.16. The van der Waals surface area contributed by atoms with Crippen LogP contribution in [0.1, 0.15) is 32.6 Å². The summed E-state index contributed by atoms with van der Waals surface area (Å²) in [6.07, 6.45) is 2.69. The van der Waals surface area contributed by atoms with Gasteiger partial charge in [-0.3, -0.25) is 14.4 Å². The molecule has 1 aliphatic heterocycles. The molecule has 0 bridgehead atoms. The molecule has 3 amide bonds. The second kappa shape index (κ2) is 8.52. The molecule has 7 heteroatoms. The maximum atomic E-state index is 11.5. The first-order valence-corrected chi connectivity index (χ1v) is 7.05. The van der Waals surface area contributed by atoms with Gasteiger partial charge in [-0.2, -0.15) is 0 Å². The van der Waals surface area contributed by atoms with Crippen LogP contribution in [0.2, 0.25) is 0 Å². The summed E-state index contributed by atoms with van der Waals surface area (Å²) in [7, 11) is 0. The number of carbonyl (C=O) groups excluding carboxylic acids is 3. The average molecular weight is 285 g/mol. The monoisotopic (exact) mass is 285 g/mol. The van der Waals surface area contributed by atoms with Crippen molar-refractivity contribution in [3.05, 3.63) is 0 Å². The largest absolute Gasteiger partial charge is 0.394 e. The summed E-state index contributed by atoms with van der Waals surface area (Å²) in [5, 5.41) is 13.9. The van der Waals surface area contributed by atoms with Crippen molar-refractivity contribution in [1.29, 1.82) is 0 Å². The second-order valence-corrected chi connectivity index (χ2v) is 4.86. The number of likely N-dealkylation sites (tertiary alicyclic amines) is 1. The lowest BCUT2D eigenvalue weighted by molar-refractivity contribution is -0.139. The predicted octanol–water partition coefficient (Wildman–Crippen LogP) is -0.998. The van der Waals surface area contributed by atoms with Crippen molar-refractivity contribution in [1.82, 2.24) is 15.5 Å². The molecule has 0 spiro atoms. The molecule has 1 atom stereocenters. The van der Waals surface area contributed by atoms with Crippen LogP contribution in [0.3, 0.4) is 0 Å². The van der Waals surface area contributed by atoms with E-state index in [1.165, 1.54) is 0 Å². The van der Waals surface area contributed by atoms with Crippen molar-refractivity contribution < 1.29 is 19.5 Å². The first kappa shape index (κ1) is 16.4. The summed E-state index contributed by atoms with van der Waals surface area (Å²) >= 11 is 0. The van der Waals surface area contributed by atoms with Gasteiger partial charge in [0, 0.05) is 26.1 Å². The van der Waals surface area contributed by atoms with Crippen LogP contribution in [0, 0.1) is 0 Å². The Morgan fingerprint density at radius 3 is 2.70 bits per heavy atom. The van der Waals surface area contributed by atoms with Crippen molar-refractivity contribution in [2.75, 3.05) is 26.2 Å². The van der Waals surface area contributed by atoms with E-state index in [1.54, 1.807) is 4.90 Å². The van der Waals surface area contributed by atoms with Gasteiger partial charge in [0.2, 0.25) is 5.91 Å². The molecule has 0 aromatic heterocycles. The first-order valence-electron chi connectivity index (χ1n) is 7.05. The van der Waals surface area contributed by atoms with Crippen LogP contribution in [0.15, 0.2) is 0 Å². The zero-order chi connectivity index (χ0) is 15.0. The summed E-state index contributed by atoms with van der Waals surface area (Å²) in [6.45, 7) is 3.36. The Bertz CT molecular complexity index is 356. The fourth-order valence-corrected chi connectivity index (χ4v) is 2.02. The van der Waals surface area contributed by atoms with E-state index in [0.29, 0.717) is 32.4 Å². The van der Waals surface area contributed by atoms with Gasteiger partial charge in [-0.1, -0.05) is 6.92 Å². The molecule has 1 aliphatic rings. The summed E-state index contributed by atoms with van der Waals surface area (Å²) in [5.41, 5.74) is 0. The van der Waals surface area contributed by atoms with Gasteiger partial charge < -0.3 is 20.6 Å². The van der Waals surface area contributed by atoms with Crippen LogP contribution < -0.4 is 10.6 Å². The predicted molar refractivity (Wildman–Crippen MR) is 72.7 cm³/mol. The van der Waals surface area contributed by atoms with Gasteiger partial charge >= 0.3 is 11.8 Å². The molecule has 20 heavy (non-hydrogen) atoms. The normalized spacial score (nSPS) is 16.1. The van der Waals surface area contributed by atoms with Gasteiger partial charge in [0.15, 0.2) is 0 Å². The number of aliphatic hydroxyl groups is 1. The highest BCUT2D eigenvalue weighted by molar-refractivity contribution is 6.35. The Hall–Kier alpha value is -1.63. The van der Waals surface area contributed by atoms with E-state index < -0.39 is 17.9 Å². The van der Waals surface area contributed by atoms with Gasteiger partial charge in [0.25, 0.3) is 0 Å². The quantitative estimate of drug-likeness (QED) is 0.413. The van der Waals surface area contributed by atoms with Gasteiger partial charge in [-0.25, -0.2) is 0 Å². The maximum Gasteiger partial charge on any atom is 0.309 e. The van der Waals surface area contributed by atoms with E-state index in [2.05, 4.69) is 10.6 Å². The molecule has 7 nitrogen and oxygen atoms in total. The third kappa shape index (κ3) is 5.16. The molecule has 1 unspecified atom stereocenters. The maximum absolute atomic E-state index is 11.5. The molecule has 3 N–H and O–H groups in total. The number of aliphatic hydroxyl groups excluding tert-OH is 1. The molecule has 1 saturated heterocycles. The highest BCUT2D eigenvalue weighted by Crippen LogP contribution is 2.09. The van der Waals surface area contributed by atoms with Crippen molar-refractivity contribution in [2.24, 2.45) is 0 Å². The number of hydrogen-bond donors (Lipinski definition) is 3. The Kier molecular flexibility index (Phi) is 7.00. The molecule has 1 heterocycles. The van der Waals surface area contributed by atoms with Crippen LogP contribution in [-0.2, 0) is 14.4 Å². The minimum atomic E-state index is -0.733. The smallest absolute Gasteiger partial charge is 0.309 e. The SMILES string of the molecule is CCC(CO)NC(=O)C(=O)NCCCN1CCCC1=O. The average Bonchev–Trinajstić information content (AvgIpc) is 2.85. The van der Waals surface area contributed by atoms with E-state index in [-0.39, 0.29) is 12.5 Å². The third-order valence-electron chi connectivity index (χ3n) is 3.32. The van der Waals surface area contributed by atoms with E-state index in [4.69, 9.17) is 5.11 Å². The molecule has 0 aromatic rings. The standard InChI is InChI=1S/C13H23N3O4/c1-2-10(9-17)15-13(20)12(19)14-6-4-8-16-7-3-5-11(16)18/h10,17H,2-9H2,1H3,(H,14,19)(H,15,20). The summed E-state index contributed by atoms with van der Waals surface area (Å²) < 4.78 is 0. The molecule has 0 aliphatic carbocycles. The van der Waals surface area contributed by atoms with Crippen LogP contribution in [0.25, 0.3) is 0 Å². The van der Waals surface area contributed by atoms with E-state index in [1.807, 2.05) is 6.92 Å². The van der Waals surface area contributed by atoms with Crippen LogP contribution >= 0.6 is 0 Å². The number of hydrogen-bond acceptors (Lipinski definition) is 4. The molecule has 0 aromatic carbocycles. The highest BCUT2D eigenvalue weighted by Gasteiger charge is 2.20. The summed E-state index contributed by atoms with van der Waals surface area (Å²) in [5.74, 6) is -1.28. The summed E-state index contributed by atoms with van der Waals surface area (Å²) in [4.78, 5) is 36.1. The lowest BCUT2D eigenvalue weighted by Gasteiger charge is -2.16. The summed E-state index contributed by atoms with van der Waals surface area (Å²) in [6, 6.07) is -0.393. The van der Waals surface area contributed by atoms with Crippen LogP contribution in [0.5, 0.6) is 0 Å². The van der Waals surface area contributed by atoms with Crippen LogP contribution in [-0.4, -0.2) is 60.0 Å². The van der Waals surface area contributed by atoms with Gasteiger partial charge in [0.1, 0.15) is 0 Å². The Morgan fingerprint density at radius 2 is 2.15 bits per heavy atom. The highest BCUT2D eigenvalue weighted by atomic mass is 16.3. The minimum Gasteiger partial charge on any atom is -0.394 e.